The maximum absolute atomic E-state index is 15.0. The van der Waals surface area contributed by atoms with Gasteiger partial charge in [-0.25, -0.2) is 4.79 Å². The molecule has 0 bridgehead atoms. The molecule has 0 saturated carbocycles. The molecular weight excluding hydrogens is 693 g/mol. The van der Waals surface area contributed by atoms with E-state index in [1.165, 1.54) is 35.7 Å². The van der Waals surface area contributed by atoms with Crippen molar-refractivity contribution in [1.82, 2.24) is 15.5 Å². The fraction of sp³-hybridized carbons (Fsp3) is 0.344. The van der Waals surface area contributed by atoms with Crippen LogP contribution in [0.4, 0.5) is 22.0 Å². The van der Waals surface area contributed by atoms with E-state index in [9.17, 15) is 41.1 Å². The molecular formula is C32H28F5N5O7S. The number of thiophene rings is 1. The average Bonchev–Trinajstić information content (AvgIpc) is 3.87. The van der Waals surface area contributed by atoms with E-state index >= 15 is 0 Å². The summed E-state index contributed by atoms with van der Waals surface area (Å²) < 4.78 is 84.1. The molecule has 2 saturated heterocycles. The summed E-state index contributed by atoms with van der Waals surface area (Å²) >= 11 is 0.615. The molecule has 1 aromatic heterocycles. The number of nitrogens with two attached hydrogens (primary N) is 1. The third kappa shape index (κ3) is 6.65. The molecule has 2 aliphatic heterocycles. The van der Waals surface area contributed by atoms with Gasteiger partial charge in [-0.15, -0.1) is 11.3 Å². The van der Waals surface area contributed by atoms with Crippen molar-refractivity contribution in [3.05, 3.63) is 81.0 Å². The summed E-state index contributed by atoms with van der Waals surface area (Å²) in [5.41, 5.74) is 5.66. The van der Waals surface area contributed by atoms with Crippen LogP contribution in [-0.4, -0.2) is 78.7 Å². The second-order valence-electron chi connectivity index (χ2n) is 11.7. The van der Waals surface area contributed by atoms with E-state index in [-0.39, 0.29) is 70.3 Å². The number of hydrogen-bond donors (Lipinski definition) is 3. The van der Waals surface area contributed by atoms with Crippen molar-refractivity contribution in [2.24, 2.45) is 10.9 Å². The van der Waals surface area contributed by atoms with Crippen molar-refractivity contribution >= 4 is 40.9 Å². The van der Waals surface area contributed by atoms with Gasteiger partial charge in [0, 0.05) is 45.9 Å². The van der Waals surface area contributed by atoms with E-state index in [0.717, 1.165) is 24.0 Å². The van der Waals surface area contributed by atoms with Gasteiger partial charge in [-0.1, -0.05) is 35.5 Å². The number of hydrogen-bond acceptors (Lipinski definition) is 9. The molecule has 264 valence electrons. The summed E-state index contributed by atoms with van der Waals surface area (Å²) in [6, 6.07) is 6.54. The molecule has 3 aliphatic rings. The van der Waals surface area contributed by atoms with Crippen LogP contribution in [0.5, 0.6) is 0 Å². The van der Waals surface area contributed by atoms with Crippen LogP contribution >= 0.6 is 11.3 Å². The van der Waals surface area contributed by atoms with E-state index < -0.39 is 60.2 Å². The highest BCUT2D eigenvalue weighted by molar-refractivity contribution is 7.10. The standard InChI is InChI=1S/C32H28F5N5O7S/c1-16(43)49-41-27(38)18-11-24(50-14-18)26(32(35,36)37)40-29(46)23-12-30(47-8-9-48-30)15-42(23)25(44)13-39-28(45)17-6-7-22-20(10-17)19-4-2-3-5-21(19)31(22,33)34/h2-7,10-11,14,23,26H,8-9,12-13,15H2,1H3,(H2,38,41)(H,39,45)(H,40,46)/t23-,26?/m0/s1. The first-order valence-electron chi connectivity index (χ1n) is 15.0. The predicted molar refractivity (Wildman–Crippen MR) is 166 cm³/mol. The lowest BCUT2D eigenvalue weighted by atomic mass is 10.0. The number of oxime groups is 1. The summed E-state index contributed by atoms with van der Waals surface area (Å²) in [4.78, 5) is 56.1. The van der Waals surface area contributed by atoms with Crippen LogP contribution in [-0.2, 0) is 34.6 Å². The van der Waals surface area contributed by atoms with Gasteiger partial charge in [0.25, 0.3) is 11.8 Å². The van der Waals surface area contributed by atoms with Gasteiger partial charge < -0.3 is 35.6 Å². The quantitative estimate of drug-likeness (QED) is 0.105. The lowest BCUT2D eigenvalue weighted by Gasteiger charge is -2.27. The van der Waals surface area contributed by atoms with Crippen LogP contribution in [0.25, 0.3) is 11.1 Å². The Bertz CT molecular complexity index is 1890. The number of amides is 3. The zero-order valence-corrected chi connectivity index (χ0v) is 26.8. The Labute approximate surface area is 284 Å². The lowest BCUT2D eigenvalue weighted by Crippen LogP contribution is -2.51. The van der Waals surface area contributed by atoms with Crippen molar-refractivity contribution in [2.75, 3.05) is 26.3 Å². The summed E-state index contributed by atoms with van der Waals surface area (Å²) in [6.45, 7) is 0.301. The topological polar surface area (TPSA) is 162 Å². The molecule has 50 heavy (non-hydrogen) atoms. The molecule has 2 aromatic carbocycles. The van der Waals surface area contributed by atoms with Crippen molar-refractivity contribution in [2.45, 2.75) is 43.3 Å². The molecule has 3 heterocycles. The second-order valence-corrected chi connectivity index (χ2v) is 12.6. The van der Waals surface area contributed by atoms with Crippen LogP contribution < -0.4 is 16.4 Å². The van der Waals surface area contributed by atoms with Crippen molar-refractivity contribution in [1.29, 1.82) is 0 Å². The van der Waals surface area contributed by atoms with Gasteiger partial charge in [0.1, 0.15) is 6.04 Å². The Morgan fingerprint density at radius 1 is 1.06 bits per heavy atom. The predicted octanol–water partition coefficient (Wildman–Crippen LogP) is 3.55. The molecule has 18 heteroatoms. The number of amidine groups is 1. The van der Waals surface area contributed by atoms with Gasteiger partial charge in [-0.2, -0.15) is 22.0 Å². The Kier molecular flexibility index (Phi) is 9.12. The third-order valence-electron chi connectivity index (χ3n) is 8.39. The summed E-state index contributed by atoms with van der Waals surface area (Å²) in [7, 11) is 0. The van der Waals surface area contributed by atoms with Gasteiger partial charge >= 0.3 is 12.1 Å². The maximum Gasteiger partial charge on any atom is 0.413 e. The molecule has 1 aliphatic carbocycles. The van der Waals surface area contributed by atoms with Gasteiger partial charge in [-0.05, 0) is 29.3 Å². The molecule has 0 radical (unpaired) electrons. The van der Waals surface area contributed by atoms with Gasteiger partial charge in [0.15, 0.2) is 17.7 Å². The van der Waals surface area contributed by atoms with Gasteiger partial charge in [-0.3, -0.25) is 14.4 Å². The number of carbonyl (C=O) groups is 4. The Morgan fingerprint density at radius 3 is 2.46 bits per heavy atom. The van der Waals surface area contributed by atoms with Crippen LogP contribution in [0.3, 0.4) is 0 Å². The van der Waals surface area contributed by atoms with Crippen LogP contribution in [0.2, 0.25) is 0 Å². The number of halogens is 5. The minimum atomic E-state index is -4.99. The molecule has 2 atom stereocenters. The van der Waals surface area contributed by atoms with Crippen LogP contribution in [0.1, 0.15) is 51.3 Å². The number of rotatable bonds is 8. The number of nitrogens with zero attached hydrogens (tertiary/aromatic N) is 2. The molecule has 3 amide bonds. The molecule has 12 nitrogen and oxygen atoms in total. The highest BCUT2D eigenvalue weighted by Gasteiger charge is 2.54. The van der Waals surface area contributed by atoms with E-state index in [2.05, 4.69) is 15.3 Å². The van der Waals surface area contributed by atoms with E-state index in [1.54, 1.807) is 6.07 Å². The highest BCUT2D eigenvalue weighted by Crippen LogP contribution is 2.51. The molecule has 6 rings (SSSR count). The minimum Gasteiger partial charge on any atom is -0.380 e. The fourth-order valence-corrected chi connectivity index (χ4v) is 7.05. The number of ether oxygens (including phenoxy) is 2. The SMILES string of the molecule is CC(=O)ON=C(N)c1csc(C(NC(=O)[C@@H]2CC3(CN2C(=O)CNC(=O)c2ccc4c(c2)-c2ccccc2C4(F)F)OCCO3)C(F)(F)F)c1. The van der Waals surface area contributed by atoms with Gasteiger partial charge in [0.05, 0.1) is 26.3 Å². The van der Waals surface area contributed by atoms with Gasteiger partial charge in [0.2, 0.25) is 11.8 Å². The minimum absolute atomic E-state index is 0.0103. The average molecular weight is 722 g/mol. The first-order chi connectivity index (χ1) is 23.6. The zero-order chi connectivity index (χ0) is 36.0. The summed E-state index contributed by atoms with van der Waals surface area (Å²) in [6.07, 6.45) is -5.28. The number of carbonyl (C=O) groups excluding carboxylic acids is 4. The summed E-state index contributed by atoms with van der Waals surface area (Å²) in [5.74, 6) is -8.66. The molecule has 2 fully saturated rings. The summed E-state index contributed by atoms with van der Waals surface area (Å²) in [5, 5.41) is 8.96. The highest BCUT2D eigenvalue weighted by atomic mass is 32.1. The molecule has 4 N–H and O–H groups in total. The Hall–Kier alpha value is -4.94. The van der Waals surface area contributed by atoms with Crippen molar-refractivity contribution in [3.63, 3.8) is 0 Å². The largest absolute Gasteiger partial charge is 0.413 e. The van der Waals surface area contributed by atoms with Crippen LogP contribution in [0.15, 0.2) is 59.1 Å². The molecule has 1 unspecified atom stereocenters. The van der Waals surface area contributed by atoms with Crippen LogP contribution in [0, 0.1) is 0 Å². The Balaban J connectivity index is 1.17. The molecule has 3 aromatic rings. The van der Waals surface area contributed by atoms with E-state index in [1.807, 2.05) is 5.32 Å². The number of alkyl halides is 5. The number of likely N-dealkylation sites (tertiary alicyclic amines) is 1. The number of fused-ring (bicyclic) bond motifs is 3. The van der Waals surface area contributed by atoms with E-state index in [4.69, 9.17) is 15.2 Å². The Morgan fingerprint density at radius 2 is 1.76 bits per heavy atom. The normalized spacial score (nSPS) is 19.5. The maximum atomic E-state index is 15.0. The first kappa shape index (κ1) is 34.9. The smallest absolute Gasteiger partial charge is 0.380 e. The lowest BCUT2D eigenvalue weighted by molar-refractivity contribution is -0.164. The van der Waals surface area contributed by atoms with Crippen molar-refractivity contribution < 1.29 is 55.4 Å². The second kappa shape index (κ2) is 13.1. The first-order valence-corrected chi connectivity index (χ1v) is 15.9. The zero-order valence-electron chi connectivity index (χ0n) is 26.0. The monoisotopic (exact) mass is 721 g/mol. The number of nitrogens with one attached hydrogen (secondary N) is 2. The fourth-order valence-electron chi connectivity index (χ4n) is 6.08. The number of benzene rings is 2. The molecule has 1 spiro atoms. The van der Waals surface area contributed by atoms with E-state index in [0.29, 0.717) is 11.3 Å². The van der Waals surface area contributed by atoms with Crippen molar-refractivity contribution in [3.8, 4) is 11.1 Å². The third-order valence-corrected chi connectivity index (χ3v) is 9.39.